The summed E-state index contributed by atoms with van der Waals surface area (Å²) in [5.41, 5.74) is 1.93. The lowest BCUT2D eigenvalue weighted by Crippen LogP contribution is -2.21. The summed E-state index contributed by atoms with van der Waals surface area (Å²) in [6, 6.07) is 2.54. The minimum absolute atomic E-state index is 0.551. The fraction of sp³-hybridized carbons (Fsp3) is 0.562. The molecule has 0 aliphatic heterocycles. The number of hydrogen-bond acceptors (Lipinski definition) is 4. The van der Waals surface area contributed by atoms with Gasteiger partial charge in [0.15, 0.2) is 5.13 Å². The lowest BCUT2D eigenvalue weighted by molar-refractivity contribution is 0.343. The van der Waals surface area contributed by atoms with Crippen molar-refractivity contribution in [1.82, 2.24) is 4.98 Å². The molecule has 3 rings (SSSR count). The van der Waals surface area contributed by atoms with Crippen LogP contribution in [0.2, 0.25) is 5.02 Å². The van der Waals surface area contributed by atoms with E-state index in [1.54, 1.807) is 11.3 Å². The molecule has 0 bridgehead atoms. The number of aryl methyl sites for hydroxylation is 1. The van der Waals surface area contributed by atoms with Crippen molar-refractivity contribution < 1.29 is 4.74 Å². The molecule has 0 unspecified atom stereocenters. The van der Waals surface area contributed by atoms with Crippen LogP contribution >= 0.6 is 22.9 Å². The summed E-state index contributed by atoms with van der Waals surface area (Å²) in [5.74, 6) is 0.836. The Morgan fingerprint density at radius 2 is 2.14 bits per heavy atom. The van der Waals surface area contributed by atoms with Gasteiger partial charge in [-0.15, -0.1) is 0 Å². The minimum atomic E-state index is 0.551. The fourth-order valence-corrected chi connectivity index (χ4v) is 4.20. The number of thiazole rings is 1. The van der Waals surface area contributed by atoms with Crippen LogP contribution < -0.4 is 10.1 Å². The molecule has 1 saturated carbocycles. The normalized spacial score (nSPS) is 16.3. The van der Waals surface area contributed by atoms with Gasteiger partial charge in [-0.25, -0.2) is 4.98 Å². The molecule has 114 valence electrons. The van der Waals surface area contributed by atoms with Crippen LogP contribution in [0.25, 0.3) is 10.2 Å². The monoisotopic (exact) mass is 324 g/mol. The lowest BCUT2D eigenvalue weighted by atomic mass is 9.96. The maximum atomic E-state index is 6.44. The molecule has 1 N–H and O–H groups in total. The molecule has 1 fully saturated rings. The zero-order chi connectivity index (χ0) is 14.8. The van der Waals surface area contributed by atoms with E-state index in [0.29, 0.717) is 12.6 Å². The van der Waals surface area contributed by atoms with E-state index in [-0.39, 0.29) is 0 Å². The van der Waals surface area contributed by atoms with Crippen LogP contribution in [0.3, 0.4) is 0 Å². The van der Waals surface area contributed by atoms with E-state index in [1.807, 2.05) is 19.9 Å². The Morgan fingerprint density at radius 3 is 2.86 bits per heavy atom. The number of nitrogens with zero attached hydrogens (tertiary/aromatic N) is 1. The molecule has 0 spiro atoms. The molecule has 1 aliphatic rings. The Kier molecular flexibility index (Phi) is 4.55. The topological polar surface area (TPSA) is 34.1 Å². The summed E-state index contributed by atoms with van der Waals surface area (Å²) >= 11 is 8.08. The number of benzene rings is 1. The van der Waals surface area contributed by atoms with E-state index in [1.165, 1.54) is 32.1 Å². The second kappa shape index (κ2) is 6.41. The molecule has 0 saturated heterocycles. The highest BCUT2D eigenvalue weighted by Gasteiger charge is 2.18. The highest BCUT2D eigenvalue weighted by atomic mass is 35.5. The van der Waals surface area contributed by atoms with Crippen molar-refractivity contribution in [3.63, 3.8) is 0 Å². The van der Waals surface area contributed by atoms with Gasteiger partial charge in [0.1, 0.15) is 11.3 Å². The predicted octanol–water partition coefficient (Wildman–Crippen LogP) is 5.40. The first-order valence-corrected chi connectivity index (χ1v) is 8.87. The molecule has 3 nitrogen and oxygen atoms in total. The molecule has 1 aromatic carbocycles. The molecule has 1 aromatic heterocycles. The van der Waals surface area contributed by atoms with Gasteiger partial charge in [0.25, 0.3) is 0 Å². The van der Waals surface area contributed by atoms with E-state index in [4.69, 9.17) is 21.3 Å². The standard InChI is InChI=1S/C16H21ClN2OS/c1-3-20-12-9-10(2)13(17)15-14(12)19-16(21-15)18-11-7-5-4-6-8-11/h9,11H,3-8H2,1-2H3,(H,18,19). The molecule has 1 aliphatic carbocycles. The van der Waals surface area contributed by atoms with Crippen LogP contribution in [-0.2, 0) is 0 Å². The Labute approximate surface area is 134 Å². The largest absolute Gasteiger partial charge is 0.492 e. The van der Waals surface area contributed by atoms with Gasteiger partial charge in [-0.05, 0) is 38.3 Å². The van der Waals surface area contributed by atoms with Gasteiger partial charge in [-0.2, -0.15) is 0 Å². The van der Waals surface area contributed by atoms with Gasteiger partial charge >= 0.3 is 0 Å². The van der Waals surface area contributed by atoms with Gasteiger partial charge < -0.3 is 10.1 Å². The van der Waals surface area contributed by atoms with E-state index >= 15 is 0 Å². The molecular weight excluding hydrogens is 304 g/mol. The number of rotatable bonds is 4. The third-order valence-electron chi connectivity index (χ3n) is 3.99. The maximum Gasteiger partial charge on any atom is 0.184 e. The molecule has 21 heavy (non-hydrogen) atoms. The first-order chi connectivity index (χ1) is 10.2. The summed E-state index contributed by atoms with van der Waals surface area (Å²) in [6.07, 6.45) is 6.46. The summed E-state index contributed by atoms with van der Waals surface area (Å²) < 4.78 is 6.74. The summed E-state index contributed by atoms with van der Waals surface area (Å²) in [7, 11) is 0. The first kappa shape index (κ1) is 14.9. The van der Waals surface area contributed by atoms with Crippen molar-refractivity contribution in [2.45, 2.75) is 52.0 Å². The summed E-state index contributed by atoms with van der Waals surface area (Å²) in [5, 5.41) is 5.34. The Balaban J connectivity index is 1.94. The van der Waals surface area contributed by atoms with Crippen LogP contribution in [0, 0.1) is 6.92 Å². The predicted molar refractivity (Wildman–Crippen MR) is 91.0 cm³/mol. The van der Waals surface area contributed by atoms with Crippen molar-refractivity contribution in [2.24, 2.45) is 0 Å². The second-order valence-corrected chi connectivity index (χ2v) is 6.99. The van der Waals surface area contributed by atoms with Crippen molar-refractivity contribution >= 4 is 38.3 Å². The Bertz CT molecular complexity index is 635. The second-order valence-electron chi connectivity index (χ2n) is 5.61. The molecule has 1 heterocycles. The number of ether oxygens (including phenoxy) is 1. The fourth-order valence-electron chi connectivity index (χ4n) is 2.89. The van der Waals surface area contributed by atoms with Crippen molar-refractivity contribution in [1.29, 1.82) is 0 Å². The number of aromatic nitrogens is 1. The van der Waals surface area contributed by atoms with Crippen molar-refractivity contribution in [3.05, 3.63) is 16.7 Å². The van der Waals surface area contributed by atoms with E-state index in [0.717, 1.165) is 31.7 Å². The number of anilines is 1. The summed E-state index contributed by atoms with van der Waals surface area (Å²) in [4.78, 5) is 4.73. The third-order valence-corrected chi connectivity index (χ3v) is 5.59. The van der Waals surface area contributed by atoms with Gasteiger partial charge in [0, 0.05) is 6.04 Å². The van der Waals surface area contributed by atoms with Crippen molar-refractivity contribution in [2.75, 3.05) is 11.9 Å². The zero-order valence-electron chi connectivity index (χ0n) is 12.5. The molecule has 0 atom stereocenters. The quantitative estimate of drug-likeness (QED) is 0.817. The SMILES string of the molecule is CCOc1cc(C)c(Cl)c2sc(NC3CCCCC3)nc12. The minimum Gasteiger partial charge on any atom is -0.492 e. The van der Waals surface area contributed by atoms with Crippen LogP contribution in [0.1, 0.15) is 44.6 Å². The molecule has 2 aromatic rings. The van der Waals surface area contributed by atoms with E-state index in [9.17, 15) is 0 Å². The maximum absolute atomic E-state index is 6.44. The Morgan fingerprint density at radius 1 is 1.38 bits per heavy atom. The van der Waals surface area contributed by atoms with Gasteiger partial charge in [0.05, 0.1) is 16.3 Å². The van der Waals surface area contributed by atoms with Gasteiger partial charge in [0.2, 0.25) is 0 Å². The highest BCUT2D eigenvalue weighted by molar-refractivity contribution is 7.22. The number of hydrogen-bond donors (Lipinski definition) is 1. The smallest absolute Gasteiger partial charge is 0.184 e. The number of fused-ring (bicyclic) bond motifs is 1. The number of nitrogens with one attached hydrogen (secondary N) is 1. The average Bonchev–Trinajstić information content (AvgIpc) is 2.90. The lowest BCUT2D eigenvalue weighted by Gasteiger charge is -2.22. The van der Waals surface area contributed by atoms with Gasteiger partial charge in [-0.1, -0.05) is 42.2 Å². The van der Waals surface area contributed by atoms with Crippen LogP contribution in [-0.4, -0.2) is 17.6 Å². The van der Waals surface area contributed by atoms with E-state index in [2.05, 4.69) is 5.32 Å². The van der Waals surface area contributed by atoms with Gasteiger partial charge in [-0.3, -0.25) is 0 Å². The van der Waals surface area contributed by atoms with Crippen LogP contribution in [0.15, 0.2) is 6.07 Å². The number of halogens is 1. The van der Waals surface area contributed by atoms with Crippen LogP contribution in [0.4, 0.5) is 5.13 Å². The molecule has 5 heteroatoms. The average molecular weight is 325 g/mol. The highest BCUT2D eigenvalue weighted by Crippen LogP contribution is 2.40. The molecule has 0 amide bonds. The summed E-state index contributed by atoms with van der Waals surface area (Å²) in [6.45, 7) is 4.64. The van der Waals surface area contributed by atoms with Crippen LogP contribution in [0.5, 0.6) is 5.75 Å². The first-order valence-electron chi connectivity index (χ1n) is 7.68. The third kappa shape index (κ3) is 3.11. The molecular formula is C16H21ClN2OS. The Hall–Kier alpha value is -1.00. The van der Waals surface area contributed by atoms with Crippen molar-refractivity contribution in [3.8, 4) is 5.75 Å². The molecule has 0 radical (unpaired) electrons. The van der Waals surface area contributed by atoms with E-state index < -0.39 is 0 Å². The zero-order valence-corrected chi connectivity index (χ0v) is 14.1.